The van der Waals surface area contributed by atoms with Crippen LogP contribution < -0.4 is 0 Å². The molecule has 102 valence electrons. The molecule has 0 aliphatic heterocycles. The van der Waals surface area contributed by atoms with E-state index >= 15 is 0 Å². The molecule has 0 amide bonds. The predicted octanol–water partition coefficient (Wildman–Crippen LogP) is 3.91. The smallest absolute Gasteiger partial charge is 0.269 e. The van der Waals surface area contributed by atoms with Gasteiger partial charge >= 0.3 is 0 Å². The van der Waals surface area contributed by atoms with Crippen molar-refractivity contribution in [2.75, 3.05) is 5.75 Å². The Bertz CT molecular complexity index is 473. The van der Waals surface area contributed by atoms with Gasteiger partial charge in [0.05, 0.1) is 4.92 Å². The lowest BCUT2D eigenvalue weighted by Gasteiger charge is -2.00. The average Bonchev–Trinajstić information content (AvgIpc) is 2.39. The van der Waals surface area contributed by atoms with Gasteiger partial charge in [0.15, 0.2) is 0 Å². The van der Waals surface area contributed by atoms with Crippen molar-refractivity contribution in [3.8, 4) is 0 Å². The first-order valence-corrected chi connectivity index (χ1v) is 7.44. The summed E-state index contributed by atoms with van der Waals surface area (Å²) >= 11 is 2.11. The number of nitrogens with zero attached hydrogens (tertiary/aromatic N) is 1. The maximum absolute atomic E-state index is 11.6. The molecular formula is C12H13NO4S2. The standard InChI is InChI=1S/C12H13NO4S2/c1-2-10(14)7-8-18-12(15)19-11-5-3-9(4-6-11)13(16)17/h3-6H,2,7-8H2,1H3. The Morgan fingerprint density at radius 1 is 1.26 bits per heavy atom. The van der Waals surface area contributed by atoms with Crippen molar-refractivity contribution in [3.63, 3.8) is 0 Å². The van der Waals surface area contributed by atoms with Gasteiger partial charge in [-0.2, -0.15) is 0 Å². The number of nitro benzene ring substituents is 1. The number of non-ortho nitro benzene ring substituents is 1. The van der Waals surface area contributed by atoms with Crippen LogP contribution in [-0.4, -0.2) is 20.9 Å². The Kier molecular flexibility index (Phi) is 6.58. The van der Waals surface area contributed by atoms with E-state index in [-0.39, 0.29) is 15.9 Å². The monoisotopic (exact) mass is 299 g/mol. The Balaban J connectivity index is 2.40. The van der Waals surface area contributed by atoms with Gasteiger partial charge in [0.25, 0.3) is 10.1 Å². The Morgan fingerprint density at radius 2 is 1.89 bits per heavy atom. The zero-order valence-corrected chi connectivity index (χ0v) is 12.0. The summed E-state index contributed by atoms with van der Waals surface area (Å²) in [6, 6.07) is 5.80. The second-order valence-electron chi connectivity index (χ2n) is 3.59. The van der Waals surface area contributed by atoms with Crippen molar-refractivity contribution in [2.45, 2.75) is 24.7 Å². The molecule has 0 saturated carbocycles. The summed E-state index contributed by atoms with van der Waals surface area (Å²) in [6.07, 6.45) is 0.887. The number of carbonyl (C=O) groups excluding carboxylic acids is 2. The van der Waals surface area contributed by atoms with E-state index in [9.17, 15) is 19.7 Å². The van der Waals surface area contributed by atoms with E-state index < -0.39 is 4.92 Å². The third kappa shape index (κ3) is 5.89. The van der Waals surface area contributed by atoms with Crippen LogP contribution in [0.1, 0.15) is 19.8 Å². The summed E-state index contributed by atoms with van der Waals surface area (Å²) in [5, 5.41) is 10.5. The third-order valence-electron chi connectivity index (χ3n) is 2.24. The molecule has 0 unspecified atom stereocenters. The zero-order chi connectivity index (χ0) is 14.3. The van der Waals surface area contributed by atoms with E-state index in [1.54, 1.807) is 19.1 Å². The molecular weight excluding hydrogens is 286 g/mol. The van der Waals surface area contributed by atoms with Crippen LogP contribution >= 0.6 is 23.5 Å². The van der Waals surface area contributed by atoms with E-state index in [0.29, 0.717) is 23.5 Å². The number of hydrogen-bond donors (Lipinski definition) is 0. The van der Waals surface area contributed by atoms with Crippen LogP contribution in [0.4, 0.5) is 10.5 Å². The molecule has 1 aromatic carbocycles. The van der Waals surface area contributed by atoms with Gasteiger partial charge in [-0.15, -0.1) is 0 Å². The van der Waals surface area contributed by atoms with Crippen molar-refractivity contribution < 1.29 is 14.5 Å². The Labute approximate surface area is 119 Å². The number of benzene rings is 1. The van der Waals surface area contributed by atoms with Crippen LogP contribution in [0.3, 0.4) is 0 Å². The minimum atomic E-state index is -0.485. The van der Waals surface area contributed by atoms with Gasteiger partial charge in [-0.3, -0.25) is 19.7 Å². The fourth-order valence-corrected chi connectivity index (χ4v) is 2.92. The van der Waals surface area contributed by atoms with Gasteiger partial charge in [0.2, 0.25) is 0 Å². The molecule has 1 aromatic rings. The molecule has 0 atom stereocenters. The fourth-order valence-electron chi connectivity index (χ4n) is 1.19. The lowest BCUT2D eigenvalue weighted by atomic mass is 10.2. The molecule has 0 fully saturated rings. The minimum absolute atomic E-state index is 0.00186. The van der Waals surface area contributed by atoms with Crippen LogP contribution in [0.25, 0.3) is 0 Å². The molecule has 0 aliphatic rings. The summed E-state index contributed by atoms with van der Waals surface area (Å²) in [5.74, 6) is 0.617. The first-order valence-electron chi connectivity index (χ1n) is 5.63. The summed E-state index contributed by atoms with van der Waals surface area (Å²) in [4.78, 5) is 33.3. The van der Waals surface area contributed by atoms with Crippen molar-refractivity contribution in [3.05, 3.63) is 34.4 Å². The van der Waals surface area contributed by atoms with Gasteiger partial charge < -0.3 is 0 Å². The van der Waals surface area contributed by atoms with E-state index in [1.165, 1.54) is 12.1 Å². The largest absolute Gasteiger partial charge is 0.300 e. The summed E-state index contributed by atoms with van der Waals surface area (Å²) < 4.78 is -0.113. The second-order valence-corrected chi connectivity index (χ2v) is 5.97. The normalized spacial score (nSPS) is 10.2. The summed E-state index contributed by atoms with van der Waals surface area (Å²) in [5.41, 5.74) is -0.00186. The highest BCUT2D eigenvalue weighted by molar-refractivity contribution is 8.38. The molecule has 0 bridgehead atoms. The Hall–Kier alpha value is -1.34. The number of nitro groups is 1. The highest BCUT2D eigenvalue weighted by Crippen LogP contribution is 2.27. The fraction of sp³-hybridized carbons (Fsp3) is 0.333. The number of Topliss-reactive ketones (excluding diaryl/α,β-unsaturated/α-hetero) is 1. The van der Waals surface area contributed by atoms with Crippen LogP contribution in [0.15, 0.2) is 29.2 Å². The van der Waals surface area contributed by atoms with Crippen molar-refractivity contribution >= 4 is 39.4 Å². The second kappa shape index (κ2) is 7.96. The number of thioether (sulfide) groups is 2. The van der Waals surface area contributed by atoms with Crippen LogP contribution in [0.2, 0.25) is 0 Å². The van der Waals surface area contributed by atoms with Gasteiger partial charge in [0.1, 0.15) is 5.78 Å². The zero-order valence-electron chi connectivity index (χ0n) is 10.3. The lowest BCUT2D eigenvalue weighted by Crippen LogP contribution is -1.97. The molecule has 0 N–H and O–H groups in total. The molecule has 0 aliphatic carbocycles. The third-order valence-corrected chi connectivity index (χ3v) is 4.17. The van der Waals surface area contributed by atoms with Crippen LogP contribution in [0, 0.1) is 10.1 Å². The SMILES string of the molecule is CCC(=O)CCSC(=O)Sc1ccc([N+](=O)[O-])cc1. The molecule has 0 heterocycles. The molecule has 0 spiro atoms. The lowest BCUT2D eigenvalue weighted by molar-refractivity contribution is -0.384. The number of hydrogen-bond acceptors (Lipinski definition) is 6. The molecule has 1 rings (SSSR count). The quantitative estimate of drug-likeness (QED) is 0.450. The minimum Gasteiger partial charge on any atom is -0.300 e. The maximum Gasteiger partial charge on any atom is 0.269 e. The molecule has 19 heavy (non-hydrogen) atoms. The van der Waals surface area contributed by atoms with E-state index in [4.69, 9.17) is 0 Å². The first kappa shape index (κ1) is 15.7. The first-order chi connectivity index (χ1) is 9.02. The van der Waals surface area contributed by atoms with Gasteiger partial charge in [-0.05, 0) is 23.9 Å². The van der Waals surface area contributed by atoms with Crippen molar-refractivity contribution in [2.24, 2.45) is 0 Å². The highest BCUT2D eigenvalue weighted by atomic mass is 32.2. The topological polar surface area (TPSA) is 77.3 Å². The van der Waals surface area contributed by atoms with Gasteiger partial charge in [-0.1, -0.05) is 18.7 Å². The van der Waals surface area contributed by atoms with Gasteiger partial charge in [-0.25, -0.2) is 0 Å². The number of ketones is 1. The molecule has 0 saturated heterocycles. The van der Waals surface area contributed by atoms with Crippen LogP contribution in [-0.2, 0) is 4.79 Å². The Morgan fingerprint density at radius 3 is 2.42 bits per heavy atom. The molecule has 5 nitrogen and oxygen atoms in total. The van der Waals surface area contributed by atoms with E-state index in [2.05, 4.69) is 0 Å². The summed E-state index contributed by atoms with van der Waals surface area (Å²) in [7, 11) is 0. The maximum atomic E-state index is 11.6. The molecule has 0 radical (unpaired) electrons. The highest BCUT2D eigenvalue weighted by Gasteiger charge is 2.09. The average molecular weight is 299 g/mol. The predicted molar refractivity (Wildman–Crippen MR) is 76.7 cm³/mol. The van der Waals surface area contributed by atoms with Crippen molar-refractivity contribution in [1.82, 2.24) is 0 Å². The van der Waals surface area contributed by atoms with E-state index in [1.807, 2.05) is 0 Å². The summed E-state index contributed by atoms with van der Waals surface area (Å²) in [6.45, 7) is 1.79. The van der Waals surface area contributed by atoms with Gasteiger partial charge in [0, 0.05) is 35.6 Å². The number of rotatable bonds is 6. The van der Waals surface area contributed by atoms with Crippen molar-refractivity contribution in [1.29, 1.82) is 0 Å². The molecule has 0 aromatic heterocycles. The number of carbonyl (C=O) groups is 2. The molecule has 7 heteroatoms. The van der Waals surface area contributed by atoms with Crippen LogP contribution in [0.5, 0.6) is 0 Å². The van der Waals surface area contributed by atoms with E-state index in [0.717, 1.165) is 23.5 Å².